The number of nitrogens with one attached hydrogen (secondary N) is 1. The Morgan fingerprint density at radius 2 is 1.91 bits per heavy atom. The lowest BCUT2D eigenvalue weighted by Gasteiger charge is -2.07. The number of sulfone groups is 1. The molecule has 0 fully saturated rings. The second kappa shape index (κ2) is 8.34. The molecule has 0 radical (unpaired) electrons. The summed E-state index contributed by atoms with van der Waals surface area (Å²) in [7, 11) is -2.87. The van der Waals surface area contributed by atoms with Crippen molar-refractivity contribution in [3.05, 3.63) is 30.2 Å². The highest BCUT2D eigenvalue weighted by atomic mass is 32.2. The van der Waals surface area contributed by atoms with Crippen molar-refractivity contribution in [2.45, 2.75) is 57.6 Å². The van der Waals surface area contributed by atoms with E-state index in [-0.39, 0.29) is 5.25 Å². The first-order valence-corrected chi connectivity index (χ1v) is 10.0. The number of hydrogen-bond donors (Lipinski definition) is 1. The molecule has 0 aliphatic heterocycles. The minimum atomic E-state index is -2.87. The van der Waals surface area contributed by atoms with Crippen molar-refractivity contribution in [2.75, 3.05) is 5.75 Å². The third-order valence-electron chi connectivity index (χ3n) is 4.00. The zero-order valence-corrected chi connectivity index (χ0v) is 14.7. The molecule has 2 rings (SSSR count). The van der Waals surface area contributed by atoms with Crippen LogP contribution in [0, 0.1) is 0 Å². The van der Waals surface area contributed by atoms with Crippen molar-refractivity contribution in [1.29, 1.82) is 0 Å². The van der Waals surface area contributed by atoms with E-state index in [1.54, 1.807) is 20.1 Å². The van der Waals surface area contributed by atoms with Gasteiger partial charge >= 0.3 is 0 Å². The largest absolute Gasteiger partial charge is 0.463 e. The minimum absolute atomic E-state index is 0.258. The number of aromatic amines is 1. The fraction of sp³-hybridized carbons (Fsp3) is 0.588. The molecule has 0 amide bonds. The van der Waals surface area contributed by atoms with Gasteiger partial charge in [-0.3, -0.25) is 5.10 Å². The highest BCUT2D eigenvalue weighted by molar-refractivity contribution is 7.91. The number of aryl methyl sites for hydroxylation is 1. The first-order chi connectivity index (χ1) is 11.0. The maximum absolute atomic E-state index is 11.7. The first kappa shape index (κ1) is 17.8. The summed E-state index contributed by atoms with van der Waals surface area (Å²) in [6.45, 7) is 3.49. The van der Waals surface area contributed by atoms with Crippen molar-refractivity contribution >= 4 is 9.84 Å². The van der Waals surface area contributed by atoms with E-state index >= 15 is 0 Å². The van der Waals surface area contributed by atoms with Gasteiger partial charge in [0.15, 0.2) is 15.6 Å². The standard InChI is InChI=1S/C17H26N2O3S/c1-14(2)23(20,21)12-7-5-3-4-6-9-15-13-16(19-18-15)17-10-8-11-22-17/h8,10-11,13-14H,3-7,9,12H2,1-2H3,(H,18,19). The molecule has 0 aliphatic rings. The summed E-state index contributed by atoms with van der Waals surface area (Å²) in [6.07, 6.45) is 7.61. The molecule has 0 unspecified atom stereocenters. The molecule has 2 aromatic rings. The Morgan fingerprint density at radius 1 is 1.17 bits per heavy atom. The Kier molecular flexibility index (Phi) is 6.45. The Labute approximate surface area is 138 Å². The van der Waals surface area contributed by atoms with Gasteiger partial charge in [-0.05, 0) is 51.3 Å². The van der Waals surface area contributed by atoms with Crippen LogP contribution in [0.4, 0.5) is 0 Å². The normalized spacial score (nSPS) is 12.1. The zero-order valence-electron chi connectivity index (χ0n) is 13.9. The number of hydrogen-bond acceptors (Lipinski definition) is 4. The van der Waals surface area contributed by atoms with Gasteiger partial charge in [-0.1, -0.05) is 19.3 Å². The van der Waals surface area contributed by atoms with Crippen LogP contribution in [0.2, 0.25) is 0 Å². The lowest BCUT2D eigenvalue weighted by molar-refractivity contribution is 0.576. The van der Waals surface area contributed by atoms with Crippen LogP contribution in [0.3, 0.4) is 0 Å². The third-order valence-corrected chi connectivity index (χ3v) is 6.29. The number of H-pyrrole nitrogens is 1. The summed E-state index contributed by atoms with van der Waals surface area (Å²) >= 11 is 0. The fourth-order valence-electron chi connectivity index (χ4n) is 2.42. The van der Waals surface area contributed by atoms with Gasteiger partial charge in [0.25, 0.3) is 0 Å². The van der Waals surface area contributed by atoms with E-state index in [0.717, 1.165) is 55.7 Å². The maximum atomic E-state index is 11.7. The van der Waals surface area contributed by atoms with Gasteiger partial charge in [0.05, 0.1) is 17.3 Å². The second-order valence-electron chi connectivity index (χ2n) is 6.19. The summed E-state index contributed by atoms with van der Waals surface area (Å²) in [5, 5.41) is 7.03. The van der Waals surface area contributed by atoms with Gasteiger partial charge in [0, 0.05) is 5.69 Å². The summed E-state index contributed by atoms with van der Waals surface area (Å²) in [5.41, 5.74) is 1.95. The van der Waals surface area contributed by atoms with Crippen molar-refractivity contribution in [2.24, 2.45) is 0 Å². The number of rotatable bonds is 10. The molecule has 0 spiro atoms. The quantitative estimate of drug-likeness (QED) is 0.665. The molecule has 23 heavy (non-hydrogen) atoms. The SMILES string of the molecule is CC(C)S(=O)(=O)CCCCCCCc1cc(-c2ccco2)n[nH]1. The average Bonchev–Trinajstić information content (AvgIpc) is 3.17. The number of unbranched alkanes of at least 4 members (excludes halogenated alkanes) is 4. The van der Waals surface area contributed by atoms with E-state index in [9.17, 15) is 8.42 Å². The Morgan fingerprint density at radius 3 is 2.61 bits per heavy atom. The van der Waals surface area contributed by atoms with Gasteiger partial charge < -0.3 is 4.42 Å². The molecule has 0 saturated carbocycles. The number of nitrogens with zero attached hydrogens (tertiary/aromatic N) is 1. The van der Waals surface area contributed by atoms with Crippen LogP contribution in [0.5, 0.6) is 0 Å². The van der Waals surface area contributed by atoms with Crippen molar-refractivity contribution in [1.82, 2.24) is 10.2 Å². The van der Waals surface area contributed by atoms with E-state index < -0.39 is 9.84 Å². The van der Waals surface area contributed by atoms with E-state index in [1.165, 1.54) is 0 Å². The van der Waals surface area contributed by atoms with Crippen LogP contribution in [0.25, 0.3) is 11.5 Å². The molecule has 2 heterocycles. The molecule has 1 N–H and O–H groups in total. The van der Waals surface area contributed by atoms with Crippen LogP contribution < -0.4 is 0 Å². The third kappa shape index (κ3) is 5.53. The lowest BCUT2D eigenvalue weighted by Crippen LogP contribution is -2.17. The topological polar surface area (TPSA) is 76.0 Å². The maximum Gasteiger partial charge on any atom is 0.154 e. The minimum Gasteiger partial charge on any atom is -0.463 e. The number of furan rings is 1. The van der Waals surface area contributed by atoms with Gasteiger partial charge in [-0.2, -0.15) is 5.10 Å². The highest BCUT2D eigenvalue weighted by Gasteiger charge is 2.14. The van der Waals surface area contributed by atoms with Gasteiger partial charge in [-0.15, -0.1) is 0 Å². The van der Waals surface area contributed by atoms with Crippen molar-refractivity contribution in [3.63, 3.8) is 0 Å². The average molecular weight is 338 g/mol. The van der Waals surface area contributed by atoms with Crippen molar-refractivity contribution < 1.29 is 12.8 Å². The fourth-order valence-corrected chi connectivity index (χ4v) is 3.50. The predicted octanol–water partition coefficient (Wildman–Crippen LogP) is 3.99. The van der Waals surface area contributed by atoms with Crippen LogP contribution in [0.15, 0.2) is 28.9 Å². The Balaban J connectivity index is 1.59. The van der Waals surface area contributed by atoms with E-state index in [2.05, 4.69) is 10.2 Å². The summed E-state index contributed by atoms with van der Waals surface area (Å²) in [4.78, 5) is 0. The molecule has 0 saturated heterocycles. The van der Waals surface area contributed by atoms with E-state index in [0.29, 0.717) is 5.75 Å². The van der Waals surface area contributed by atoms with Crippen LogP contribution in [0.1, 0.15) is 51.6 Å². The van der Waals surface area contributed by atoms with Gasteiger partial charge in [0.2, 0.25) is 0 Å². The summed E-state index contributed by atoms with van der Waals surface area (Å²) in [5.74, 6) is 1.09. The van der Waals surface area contributed by atoms with Crippen LogP contribution in [-0.2, 0) is 16.3 Å². The zero-order chi connectivity index (χ0) is 16.7. The van der Waals surface area contributed by atoms with Crippen LogP contribution >= 0.6 is 0 Å². The monoisotopic (exact) mass is 338 g/mol. The highest BCUT2D eigenvalue weighted by Crippen LogP contribution is 2.19. The molecule has 0 aromatic carbocycles. The van der Waals surface area contributed by atoms with Crippen molar-refractivity contribution in [3.8, 4) is 11.5 Å². The molecule has 128 valence electrons. The molecule has 5 nitrogen and oxygen atoms in total. The molecule has 2 aromatic heterocycles. The summed E-state index contributed by atoms with van der Waals surface area (Å²) < 4.78 is 28.7. The molecular formula is C17H26N2O3S. The van der Waals surface area contributed by atoms with E-state index in [4.69, 9.17) is 4.42 Å². The Bertz CT molecular complexity index is 673. The first-order valence-electron chi connectivity index (χ1n) is 8.29. The molecular weight excluding hydrogens is 312 g/mol. The molecule has 0 aliphatic carbocycles. The van der Waals surface area contributed by atoms with Gasteiger partial charge in [0.1, 0.15) is 5.69 Å². The molecule has 6 heteroatoms. The van der Waals surface area contributed by atoms with E-state index in [1.807, 2.05) is 18.2 Å². The second-order valence-corrected chi connectivity index (χ2v) is 8.87. The Hall–Kier alpha value is -1.56. The molecule has 0 bridgehead atoms. The smallest absolute Gasteiger partial charge is 0.154 e. The molecule has 0 atom stereocenters. The summed E-state index contributed by atoms with van der Waals surface area (Å²) in [6, 6.07) is 5.77. The van der Waals surface area contributed by atoms with Gasteiger partial charge in [-0.25, -0.2) is 8.42 Å². The predicted molar refractivity (Wildman–Crippen MR) is 92.0 cm³/mol. The lowest BCUT2D eigenvalue weighted by atomic mass is 10.1. The van der Waals surface area contributed by atoms with Crippen LogP contribution in [-0.4, -0.2) is 29.6 Å². The number of aromatic nitrogens is 2.